The number of ether oxygens (including phenoxy) is 2. The number of thiocarbonyl (C=S) groups is 1. The van der Waals surface area contributed by atoms with Crippen LogP contribution in [0.4, 0.5) is 0 Å². The molecular weight excluding hydrogens is 344 g/mol. The Balaban J connectivity index is 1.68. The third kappa shape index (κ3) is 2.40. The minimum Gasteiger partial charge on any atom is -0.454 e. The predicted octanol–water partition coefficient (Wildman–Crippen LogP) is 3.37. The van der Waals surface area contributed by atoms with Gasteiger partial charge < -0.3 is 9.47 Å². The zero-order chi connectivity index (χ0) is 16.8. The second kappa shape index (κ2) is 5.68. The molecule has 1 saturated heterocycles. The monoisotopic (exact) mass is 358 g/mol. The van der Waals surface area contributed by atoms with Crippen LogP contribution in [-0.4, -0.2) is 21.7 Å². The van der Waals surface area contributed by atoms with Crippen LogP contribution in [0, 0.1) is 13.8 Å². The molecule has 0 bridgehead atoms. The van der Waals surface area contributed by atoms with Gasteiger partial charge in [-0.15, -0.1) is 0 Å². The molecule has 4 rings (SSSR count). The Bertz CT molecular complexity index is 882. The Hall–Kier alpha value is -2.25. The number of aromatic nitrogens is 1. The Morgan fingerprint density at radius 3 is 2.58 bits per heavy atom. The zero-order valence-corrected chi connectivity index (χ0v) is 14.7. The number of hydrogen-bond donors (Lipinski definition) is 0. The van der Waals surface area contributed by atoms with Crippen molar-refractivity contribution in [2.24, 2.45) is 0 Å². The van der Waals surface area contributed by atoms with Crippen LogP contribution in [0.5, 0.6) is 11.5 Å². The van der Waals surface area contributed by atoms with Crippen LogP contribution in [0.3, 0.4) is 0 Å². The SMILES string of the molecule is Cc1ccc(C)n1N1C(=O)/C(=C\c2ccc3c(c2)OCO3)SC1=S. The molecule has 2 aliphatic rings. The van der Waals surface area contributed by atoms with Crippen molar-refractivity contribution in [2.75, 3.05) is 11.8 Å². The number of carbonyl (C=O) groups excluding carboxylic acids is 1. The summed E-state index contributed by atoms with van der Waals surface area (Å²) >= 11 is 6.72. The van der Waals surface area contributed by atoms with Crippen molar-refractivity contribution < 1.29 is 14.3 Å². The lowest BCUT2D eigenvalue weighted by Gasteiger charge is -2.20. The summed E-state index contributed by atoms with van der Waals surface area (Å²) < 4.78 is 13.1. The Labute approximate surface area is 148 Å². The first-order chi connectivity index (χ1) is 11.5. The van der Waals surface area contributed by atoms with Crippen molar-refractivity contribution in [2.45, 2.75) is 13.8 Å². The molecular formula is C17H14N2O3S2. The fourth-order valence-electron chi connectivity index (χ4n) is 2.76. The number of rotatable bonds is 2. The summed E-state index contributed by atoms with van der Waals surface area (Å²) in [5.41, 5.74) is 2.81. The first-order valence-corrected chi connectivity index (χ1v) is 8.60. The highest BCUT2D eigenvalue weighted by Gasteiger charge is 2.34. The van der Waals surface area contributed by atoms with E-state index in [-0.39, 0.29) is 12.7 Å². The molecule has 1 amide bonds. The summed E-state index contributed by atoms with van der Waals surface area (Å²) in [5, 5.41) is 1.55. The fraction of sp³-hybridized carbons (Fsp3) is 0.176. The van der Waals surface area contributed by atoms with Crippen molar-refractivity contribution in [3.8, 4) is 11.5 Å². The summed E-state index contributed by atoms with van der Waals surface area (Å²) in [4.78, 5) is 13.4. The molecule has 0 aliphatic carbocycles. The lowest BCUT2D eigenvalue weighted by molar-refractivity contribution is -0.114. The molecule has 1 aromatic heterocycles. The Morgan fingerprint density at radius 2 is 1.83 bits per heavy atom. The number of hydrogen-bond acceptors (Lipinski definition) is 5. The van der Waals surface area contributed by atoms with Crippen molar-refractivity contribution in [1.82, 2.24) is 4.68 Å². The summed E-state index contributed by atoms with van der Waals surface area (Å²) in [5.74, 6) is 1.29. The van der Waals surface area contributed by atoms with Crippen LogP contribution >= 0.6 is 24.0 Å². The quantitative estimate of drug-likeness (QED) is 0.608. The van der Waals surface area contributed by atoms with E-state index in [0.717, 1.165) is 22.7 Å². The molecule has 24 heavy (non-hydrogen) atoms. The van der Waals surface area contributed by atoms with Gasteiger partial charge in [0.2, 0.25) is 6.79 Å². The van der Waals surface area contributed by atoms with Gasteiger partial charge in [-0.1, -0.05) is 17.8 Å². The van der Waals surface area contributed by atoms with E-state index in [9.17, 15) is 4.79 Å². The molecule has 2 aliphatic heterocycles. The number of fused-ring (bicyclic) bond motifs is 1. The zero-order valence-electron chi connectivity index (χ0n) is 13.1. The molecule has 0 saturated carbocycles. The van der Waals surface area contributed by atoms with E-state index in [2.05, 4.69) is 0 Å². The van der Waals surface area contributed by atoms with E-state index in [4.69, 9.17) is 21.7 Å². The second-order valence-corrected chi connectivity index (χ2v) is 7.21. The van der Waals surface area contributed by atoms with Gasteiger partial charge in [-0.2, -0.15) is 5.01 Å². The lowest BCUT2D eigenvalue weighted by atomic mass is 10.2. The smallest absolute Gasteiger partial charge is 0.285 e. The molecule has 5 nitrogen and oxygen atoms in total. The minimum atomic E-state index is -0.120. The number of aryl methyl sites for hydroxylation is 2. The van der Waals surface area contributed by atoms with E-state index in [1.807, 2.05) is 54.9 Å². The second-order valence-electron chi connectivity index (χ2n) is 5.53. The molecule has 7 heteroatoms. The van der Waals surface area contributed by atoms with Crippen molar-refractivity contribution in [3.05, 3.63) is 52.2 Å². The van der Waals surface area contributed by atoms with Crippen LogP contribution in [0.25, 0.3) is 6.08 Å². The van der Waals surface area contributed by atoms with Gasteiger partial charge in [0.15, 0.2) is 15.8 Å². The van der Waals surface area contributed by atoms with E-state index in [1.54, 1.807) is 5.01 Å². The maximum Gasteiger partial charge on any atom is 0.285 e. The predicted molar refractivity (Wildman–Crippen MR) is 97.9 cm³/mol. The normalized spacial score (nSPS) is 18.1. The molecule has 0 N–H and O–H groups in total. The van der Waals surface area contributed by atoms with E-state index >= 15 is 0 Å². The average Bonchev–Trinajstić information content (AvgIpc) is 3.21. The van der Waals surface area contributed by atoms with Crippen LogP contribution in [0.15, 0.2) is 35.2 Å². The topological polar surface area (TPSA) is 43.7 Å². The van der Waals surface area contributed by atoms with Gasteiger partial charge in [0.25, 0.3) is 5.91 Å². The average molecular weight is 358 g/mol. The van der Waals surface area contributed by atoms with Crippen LogP contribution in [0.2, 0.25) is 0 Å². The summed E-state index contributed by atoms with van der Waals surface area (Å²) in [6.45, 7) is 4.13. The molecule has 0 radical (unpaired) electrons. The first kappa shape index (κ1) is 15.3. The van der Waals surface area contributed by atoms with Gasteiger partial charge in [0.05, 0.1) is 4.91 Å². The number of amides is 1. The Kier molecular flexibility index (Phi) is 3.62. The number of carbonyl (C=O) groups is 1. The number of benzene rings is 1. The highest BCUT2D eigenvalue weighted by Crippen LogP contribution is 2.36. The maximum absolute atomic E-state index is 12.8. The standard InChI is InChI=1S/C17H14N2O3S2/c1-10-3-4-11(2)18(10)19-16(20)15(24-17(19)23)8-12-5-6-13-14(7-12)22-9-21-13/h3-8H,9H2,1-2H3/b15-8+. The molecule has 3 heterocycles. The molecule has 0 atom stereocenters. The number of thioether (sulfide) groups is 1. The molecule has 1 fully saturated rings. The summed E-state index contributed by atoms with van der Waals surface area (Å²) in [6.07, 6.45) is 1.83. The van der Waals surface area contributed by atoms with Crippen LogP contribution in [0.1, 0.15) is 17.0 Å². The lowest BCUT2D eigenvalue weighted by Crippen LogP contribution is -2.39. The summed E-state index contributed by atoms with van der Waals surface area (Å²) in [6, 6.07) is 9.54. The molecule has 1 aromatic carbocycles. The number of nitrogens with zero attached hydrogens (tertiary/aromatic N) is 2. The van der Waals surface area contributed by atoms with E-state index in [1.165, 1.54) is 11.8 Å². The van der Waals surface area contributed by atoms with Crippen molar-refractivity contribution >= 4 is 40.3 Å². The molecule has 0 unspecified atom stereocenters. The van der Waals surface area contributed by atoms with Gasteiger partial charge in [0.1, 0.15) is 0 Å². The van der Waals surface area contributed by atoms with Gasteiger partial charge in [-0.05, 0) is 62.0 Å². The van der Waals surface area contributed by atoms with Crippen LogP contribution < -0.4 is 14.5 Å². The maximum atomic E-state index is 12.8. The van der Waals surface area contributed by atoms with E-state index < -0.39 is 0 Å². The first-order valence-electron chi connectivity index (χ1n) is 7.37. The fourth-order valence-corrected chi connectivity index (χ4v) is 4.00. The van der Waals surface area contributed by atoms with Gasteiger partial charge in [-0.25, -0.2) is 0 Å². The highest BCUT2D eigenvalue weighted by molar-refractivity contribution is 8.27. The minimum absolute atomic E-state index is 0.120. The molecule has 2 aromatic rings. The van der Waals surface area contributed by atoms with Gasteiger partial charge >= 0.3 is 0 Å². The van der Waals surface area contributed by atoms with Gasteiger partial charge in [-0.3, -0.25) is 9.47 Å². The van der Waals surface area contributed by atoms with Crippen molar-refractivity contribution in [1.29, 1.82) is 0 Å². The highest BCUT2D eigenvalue weighted by atomic mass is 32.2. The van der Waals surface area contributed by atoms with Crippen molar-refractivity contribution in [3.63, 3.8) is 0 Å². The Morgan fingerprint density at radius 1 is 1.12 bits per heavy atom. The summed E-state index contributed by atoms with van der Waals surface area (Å²) in [7, 11) is 0. The third-order valence-corrected chi connectivity index (χ3v) is 5.18. The van der Waals surface area contributed by atoms with Crippen LogP contribution in [-0.2, 0) is 4.79 Å². The third-order valence-electron chi connectivity index (χ3n) is 3.90. The van der Waals surface area contributed by atoms with E-state index in [0.29, 0.717) is 15.0 Å². The molecule has 122 valence electrons. The van der Waals surface area contributed by atoms with Gasteiger partial charge in [0, 0.05) is 11.4 Å². The molecule has 0 spiro atoms. The largest absolute Gasteiger partial charge is 0.454 e.